The molecule has 0 rings (SSSR count). The molecule has 126 valence electrons. The molecule has 0 aliphatic heterocycles. The Morgan fingerprint density at radius 3 is 1.38 bits per heavy atom. The van der Waals surface area contributed by atoms with Crippen molar-refractivity contribution in [3.8, 4) is 0 Å². The zero-order valence-electron chi connectivity index (χ0n) is 15.5. The molecule has 0 atom stereocenters. The number of rotatable bonds is 16. The van der Waals surface area contributed by atoms with Crippen LogP contribution in [0.15, 0.2) is 0 Å². The summed E-state index contributed by atoms with van der Waals surface area (Å²) in [7, 11) is 0. The molecule has 0 unspecified atom stereocenters. The first-order valence-electron chi connectivity index (χ1n) is 9.86. The van der Waals surface area contributed by atoms with E-state index in [1.54, 1.807) is 0 Å². The van der Waals surface area contributed by atoms with Crippen molar-refractivity contribution in [2.75, 3.05) is 0 Å². The van der Waals surface area contributed by atoms with Crippen LogP contribution in [0.4, 0.5) is 0 Å². The van der Waals surface area contributed by atoms with E-state index in [9.17, 15) is 0 Å². The lowest BCUT2D eigenvalue weighted by Gasteiger charge is -2.17. The minimum atomic E-state index is 0.384. The van der Waals surface area contributed by atoms with E-state index in [1.807, 2.05) is 0 Å². The molecule has 1 nitrogen and oxygen atoms in total. The van der Waals surface area contributed by atoms with Crippen molar-refractivity contribution in [1.82, 2.24) is 0 Å². The van der Waals surface area contributed by atoms with E-state index in [1.165, 1.54) is 89.7 Å². The van der Waals surface area contributed by atoms with Crippen LogP contribution in [0.2, 0.25) is 12.6 Å². The predicted molar refractivity (Wildman–Crippen MR) is 98.3 cm³/mol. The second-order valence-electron chi connectivity index (χ2n) is 6.92. The quantitative estimate of drug-likeness (QED) is 0.217. The van der Waals surface area contributed by atoms with Gasteiger partial charge in [-0.15, -0.1) is 0 Å². The Balaban J connectivity index is 3.62. The second kappa shape index (κ2) is 16.4. The molecule has 0 aliphatic rings. The van der Waals surface area contributed by atoms with Gasteiger partial charge in [0.25, 0.3) is 6.92 Å². The van der Waals surface area contributed by atoms with E-state index in [4.69, 9.17) is 4.65 Å². The molecule has 0 spiro atoms. The summed E-state index contributed by atoms with van der Waals surface area (Å²) in [5, 5.41) is 0. The van der Waals surface area contributed by atoms with Crippen LogP contribution >= 0.6 is 0 Å². The van der Waals surface area contributed by atoms with Crippen molar-refractivity contribution in [1.29, 1.82) is 0 Å². The van der Waals surface area contributed by atoms with E-state index in [2.05, 4.69) is 27.7 Å². The van der Waals surface area contributed by atoms with E-state index in [-0.39, 0.29) is 0 Å². The minimum Gasteiger partial charge on any atom is -0.434 e. The number of hydrogen-bond donors (Lipinski definition) is 0. The lowest BCUT2D eigenvalue weighted by atomic mass is 9.59. The molecule has 0 N–H and O–H groups in total. The molecule has 0 aromatic carbocycles. The van der Waals surface area contributed by atoms with Gasteiger partial charge in [0.2, 0.25) is 0 Å². The molecule has 0 radical (unpaired) electrons. The first-order chi connectivity index (χ1) is 10.2. The van der Waals surface area contributed by atoms with Crippen molar-refractivity contribution in [3.63, 3.8) is 0 Å². The predicted octanol–water partition coefficient (Wildman–Crippen LogP) is 7.12. The molecule has 0 aromatic heterocycles. The molecular weight excluding hydrogens is 255 g/mol. The van der Waals surface area contributed by atoms with Gasteiger partial charge in [0.1, 0.15) is 0 Å². The third-order valence-electron chi connectivity index (χ3n) is 4.22. The SMILES string of the molecule is CCCCCCCCB(CCCCCCCC)OC(C)C. The third-order valence-corrected chi connectivity index (χ3v) is 4.22. The summed E-state index contributed by atoms with van der Waals surface area (Å²) in [6, 6.07) is 0. The molecule has 0 fully saturated rings. The first-order valence-corrected chi connectivity index (χ1v) is 9.86. The van der Waals surface area contributed by atoms with E-state index >= 15 is 0 Å². The van der Waals surface area contributed by atoms with Crippen LogP contribution in [0.3, 0.4) is 0 Å². The highest BCUT2D eigenvalue weighted by Crippen LogP contribution is 2.16. The first kappa shape index (κ1) is 21.0. The Morgan fingerprint density at radius 2 is 1.00 bits per heavy atom. The minimum absolute atomic E-state index is 0.384. The standard InChI is InChI=1S/C19H41BO/c1-5-7-9-11-13-15-17-20(21-19(3)4)18-16-14-12-10-8-6-2/h19H,5-18H2,1-4H3. The number of hydrogen-bond acceptors (Lipinski definition) is 1. The van der Waals surface area contributed by atoms with Crippen LogP contribution in [0.1, 0.15) is 105 Å². The third kappa shape index (κ3) is 16.2. The van der Waals surface area contributed by atoms with E-state index in [0.29, 0.717) is 13.0 Å². The highest BCUT2D eigenvalue weighted by atomic mass is 16.4. The van der Waals surface area contributed by atoms with Crippen molar-refractivity contribution in [2.24, 2.45) is 0 Å². The average Bonchev–Trinajstić information content (AvgIpc) is 2.45. The Labute approximate surface area is 135 Å². The summed E-state index contributed by atoms with van der Waals surface area (Å²) < 4.78 is 6.11. The molecular formula is C19H41BO. The fourth-order valence-corrected chi connectivity index (χ4v) is 2.97. The van der Waals surface area contributed by atoms with Gasteiger partial charge in [0.15, 0.2) is 0 Å². The molecule has 21 heavy (non-hydrogen) atoms. The molecule has 0 aromatic rings. The van der Waals surface area contributed by atoms with Gasteiger partial charge < -0.3 is 4.65 Å². The highest BCUT2D eigenvalue weighted by Gasteiger charge is 2.16. The summed E-state index contributed by atoms with van der Waals surface area (Å²) in [5.74, 6) is 0. The fraction of sp³-hybridized carbons (Fsp3) is 1.00. The summed E-state index contributed by atoms with van der Waals surface area (Å²) >= 11 is 0. The topological polar surface area (TPSA) is 9.23 Å². The zero-order valence-corrected chi connectivity index (χ0v) is 15.5. The Bertz CT molecular complexity index is 178. The Kier molecular flexibility index (Phi) is 16.4. The molecule has 2 heteroatoms. The fourth-order valence-electron chi connectivity index (χ4n) is 2.97. The van der Waals surface area contributed by atoms with E-state index < -0.39 is 0 Å². The van der Waals surface area contributed by atoms with Gasteiger partial charge >= 0.3 is 0 Å². The van der Waals surface area contributed by atoms with Gasteiger partial charge in [0, 0.05) is 6.10 Å². The summed E-state index contributed by atoms with van der Waals surface area (Å²) in [4.78, 5) is 0. The van der Waals surface area contributed by atoms with Crippen LogP contribution in [0.25, 0.3) is 0 Å². The molecule has 0 saturated carbocycles. The Morgan fingerprint density at radius 1 is 0.619 bits per heavy atom. The lowest BCUT2D eigenvalue weighted by molar-refractivity contribution is 0.239. The normalized spacial score (nSPS) is 11.3. The second-order valence-corrected chi connectivity index (χ2v) is 6.92. The number of unbranched alkanes of at least 4 members (excludes halogenated alkanes) is 10. The van der Waals surface area contributed by atoms with Crippen LogP contribution in [-0.2, 0) is 4.65 Å². The summed E-state index contributed by atoms with van der Waals surface area (Å²) in [5.41, 5.74) is 0. The van der Waals surface area contributed by atoms with Crippen molar-refractivity contribution >= 4 is 6.92 Å². The summed E-state index contributed by atoms with van der Waals surface area (Å²) in [6.07, 6.45) is 19.6. The molecule has 0 heterocycles. The van der Waals surface area contributed by atoms with Gasteiger partial charge in [-0.05, 0) is 26.5 Å². The van der Waals surface area contributed by atoms with Gasteiger partial charge in [0.05, 0.1) is 0 Å². The van der Waals surface area contributed by atoms with Gasteiger partial charge in [-0.1, -0.05) is 90.9 Å². The Hall–Kier alpha value is 0.0249. The summed E-state index contributed by atoms with van der Waals surface area (Å²) in [6.45, 7) is 9.44. The van der Waals surface area contributed by atoms with Gasteiger partial charge in [-0.25, -0.2) is 0 Å². The monoisotopic (exact) mass is 296 g/mol. The maximum atomic E-state index is 6.11. The molecule has 0 saturated heterocycles. The van der Waals surface area contributed by atoms with Crippen LogP contribution in [0.5, 0.6) is 0 Å². The van der Waals surface area contributed by atoms with Crippen molar-refractivity contribution < 1.29 is 4.65 Å². The van der Waals surface area contributed by atoms with E-state index in [0.717, 1.165) is 0 Å². The lowest BCUT2D eigenvalue weighted by Crippen LogP contribution is -2.22. The molecule has 0 bridgehead atoms. The van der Waals surface area contributed by atoms with Gasteiger partial charge in [-0.2, -0.15) is 0 Å². The van der Waals surface area contributed by atoms with Crippen LogP contribution < -0.4 is 0 Å². The van der Waals surface area contributed by atoms with Crippen molar-refractivity contribution in [3.05, 3.63) is 0 Å². The molecule has 0 amide bonds. The maximum absolute atomic E-state index is 6.11. The van der Waals surface area contributed by atoms with Crippen molar-refractivity contribution in [2.45, 2.75) is 123 Å². The van der Waals surface area contributed by atoms with Gasteiger partial charge in [-0.3, -0.25) is 0 Å². The maximum Gasteiger partial charge on any atom is 0.293 e. The van der Waals surface area contributed by atoms with Crippen LogP contribution in [-0.4, -0.2) is 13.0 Å². The highest BCUT2D eigenvalue weighted by molar-refractivity contribution is 6.51. The smallest absolute Gasteiger partial charge is 0.293 e. The molecule has 0 aliphatic carbocycles. The zero-order chi connectivity index (χ0) is 15.8. The largest absolute Gasteiger partial charge is 0.434 e. The average molecular weight is 296 g/mol. The van der Waals surface area contributed by atoms with Crippen LogP contribution in [0, 0.1) is 0 Å².